The quantitative estimate of drug-likeness (QED) is 0.510. The maximum absolute atomic E-state index is 10.6. The molecule has 2 N–H and O–H groups in total. The van der Waals surface area contributed by atoms with E-state index in [-0.39, 0.29) is 5.57 Å². The van der Waals surface area contributed by atoms with E-state index in [1.54, 1.807) is 18.2 Å². The molecule has 0 saturated heterocycles. The van der Waals surface area contributed by atoms with Crippen LogP contribution in [-0.2, 0) is 4.79 Å². The van der Waals surface area contributed by atoms with Gasteiger partial charge < -0.3 is 10.1 Å². The lowest BCUT2D eigenvalue weighted by atomic mass is 10.2. The third kappa shape index (κ3) is 3.85. The molecule has 104 valence electrons. The fourth-order valence-corrected chi connectivity index (χ4v) is 1.93. The van der Waals surface area contributed by atoms with Crippen LogP contribution in [0.1, 0.15) is 5.69 Å². The van der Waals surface area contributed by atoms with Gasteiger partial charge in [0.2, 0.25) is 0 Å². The molecular formula is C16H11ClN2O2. The van der Waals surface area contributed by atoms with Crippen LogP contribution >= 0.6 is 11.6 Å². The molecule has 0 fully saturated rings. The third-order valence-corrected chi connectivity index (χ3v) is 2.95. The van der Waals surface area contributed by atoms with Gasteiger partial charge >= 0.3 is 5.97 Å². The van der Waals surface area contributed by atoms with Crippen molar-refractivity contribution in [1.29, 1.82) is 5.26 Å². The normalized spacial score (nSPS) is 12.3. The molecule has 2 aromatic rings. The van der Waals surface area contributed by atoms with Gasteiger partial charge in [0.25, 0.3) is 0 Å². The topological polar surface area (TPSA) is 76.9 Å². The van der Waals surface area contributed by atoms with Crippen LogP contribution in [0.3, 0.4) is 0 Å². The first kappa shape index (κ1) is 14.6. The van der Waals surface area contributed by atoms with Gasteiger partial charge in [-0.2, -0.15) is 5.26 Å². The Morgan fingerprint density at radius 2 is 2.10 bits per heavy atom. The largest absolute Gasteiger partial charge is 0.477 e. The minimum Gasteiger partial charge on any atom is -0.477 e. The van der Waals surface area contributed by atoms with E-state index in [0.29, 0.717) is 5.02 Å². The number of nitrogens with zero attached hydrogens (tertiary/aromatic N) is 1. The Hall–Kier alpha value is -2.77. The van der Waals surface area contributed by atoms with Gasteiger partial charge in [0.1, 0.15) is 11.6 Å². The number of carboxylic acids is 1. The van der Waals surface area contributed by atoms with Gasteiger partial charge in [-0.15, -0.1) is 0 Å². The summed E-state index contributed by atoms with van der Waals surface area (Å²) in [5.74, 6) is -1.24. The maximum Gasteiger partial charge on any atom is 0.346 e. The van der Waals surface area contributed by atoms with Crippen molar-refractivity contribution in [2.24, 2.45) is 0 Å². The minimum atomic E-state index is -1.24. The number of carbonyl (C=O) groups is 1. The summed E-state index contributed by atoms with van der Waals surface area (Å²) in [6, 6.07) is 9.14. The van der Waals surface area contributed by atoms with E-state index in [1.165, 1.54) is 12.2 Å². The number of hydrogen-bond donors (Lipinski definition) is 2. The zero-order chi connectivity index (χ0) is 15.2. The molecule has 5 heteroatoms. The number of halogens is 1. The van der Waals surface area contributed by atoms with Crippen molar-refractivity contribution in [2.75, 3.05) is 0 Å². The first-order valence-electron chi connectivity index (χ1n) is 6.07. The monoisotopic (exact) mass is 298 g/mol. The van der Waals surface area contributed by atoms with Gasteiger partial charge in [-0.3, -0.25) is 0 Å². The number of carboxylic acid groups (broad SMARTS) is 1. The highest BCUT2D eigenvalue weighted by Gasteiger charge is 2.02. The molecule has 4 nitrogen and oxygen atoms in total. The number of hydrogen-bond acceptors (Lipinski definition) is 2. The number of aromatic nitrogens is 1. The number of benzene rings is 1. The van der Waals surface area contributed by atoms with Crippen LogP contribution in [0.15, 0.2) is 54.1 Å². The predicted molar refractivity (Wildman–Crippen MR) is 82.8 cm³/mol. The Balaban J connectivity index is 2.10. The van der Waals surface area contributed by atoms with Gasteiger partial charge in [-0.25, -0.2) is 4.79 Å². The summed E-state index contributed by atoms with van der Waals surface area (Å²) in [4.78, 5) is 13.8. The Labute approximate surface area is 126 Å². The summed E-state index contributed by atoms with van der Waals surface area (Å²) < 4.78 is 0. The standard InChI is InChI=1S/C16H11ClN2O2/c17-13-6-7-15-12(8-13)9-14(19-15)5-3-1-2-4-11(10-18)16(20)21/h1-9,19H,(H,20,21)/b2-1+,5-3+,11-4+. The Morgan fingerprint density at radius 1 is 1.29 bits per heavy atom. The molecule has 0 bridgehead atoms. The van der Waals surface area contributed by atoms with Gasteiger partial charge in [-0.1, -0.05) is 29.8 Å². The highest BCUT2D eigenvalue weighted by atomic mass is 35.5. The summed E-state index contributed by atoms with van der Waals surface area (Å²) in [6.45, 7) is 0. The van der Waals surface area contributed by atoms with Crippen molar-refractivity contribution in [3.05, 3.63) is 64.9 Å². The molecule has 0 radical (unpaired) electrons. The molecular weight excluding hydrogens is 288 g/mol. The molecule has 2 rings (SSSR count). The highest BCUT2D eigenvalue weighted by molar-refractivity contribution is 6.31. The molecule has 0 amide bonds. The highest BCUT2D eigenvalue weighted by Crippen LogP contribution is 2.20. The second kappa shape index (κ2) is 6.60. The van der Waals surface area contributed by atoms with E-state index in [0.717, 1.165) is 16.6 Å². The average Bonchev–Trinajstić information content (AvgIpc) is 2.84. The molecule has 1 aromatic carbocycles. The number of fused-ring (bicyclic) bond motifs is 1. The fourth-order valence-electron chi connectivity index (χ4n) is 1.75. The summed E-state index contributed by atoms with van der Waals surface area (Å²) in [5.41, 5.74) is 1.58. The molecule has 1 heterocycles. The predicted octanol–water partition coefficient (Wildman–Crippen LogP) is 3.93. The smallest absolute Gasteiger partial charge is 0.346 e. The first-order chi connectivity index (χ1) is 10.1. The molecule has 0 spiro atoms. The van der Waals surface area contributed by atoms with E-state index in [2.05, 4.69) is 4.98 Å². The van der Waals surface area contributed by atoms with Gasteiger partial charge in [0.05, 0.1) is 0 Å². The van der Waals surface area contributed by atoms with Crippen molar-refractivity contribution in [3.8, 4) is 6.07 Å². The number of rotatable bonds is 4. The van der Waals surface area contributed by atoms with E-state index in [4.69, 9.17) is 22.0 Å². The zero-order valence-corrected chi connectivity index (χ0v) is 11.6. The van der Waals surface area contributed by atoms with Gasteiger partial charge in [0, 0.05) is 21.6 Å². The van der Waals surface area contributed by atoms with E-state index in [1.807, 2.05) is 30.3 Å². The van der Waals surface area contributed by atoms with Crippen LogP contribution in [0.4, 0.5) is 0 Å². The van der Waals surface area contributed by atoms with Crippen molar-refractivity contribution in [2.45, 2.75) is 0 Å². The summed E-state index contributed by atoms with van der Waals surface area (Å²) in [6.07, 6.45) is 7.99. The summed E-state index contributed by atoms with van der Waals surface area (Å²) in [5, 5.41) is 18.9. The fraction of sp³-hybridized carbons (Fsp3) is 0. The zero-order valence-electron chi connectivity index (χ0n) is 10.9. The van der Waals surface area contributed by atoms with E-state index < -0.39 is 5.97 Å². The average molecular weight is 299 g/mol. The maximum atomic E-state index is 10.6. The number of aliphatic carboxylic acids is 1. The van der Waals surface area contributed by atoms with Gasteiger partial charge in [-0.05, 0) is 36.4 Å². The molecule has 0 aliphatic heterocycles. The number of allylic oxidation sites excluding steroid dienone is 4. The SMILES string of the molecule is N#C\C(=C/C=C/C=C/c1cc2cc(Cl)ccc2[nH]1)C(=O)O. The first-order valence-corrected chi connectivity index (χ1v) is 6.44. The molecule has 1 aromatic heterocycles. The Kier molecular flexibility index (Phi) is 4.60. The van der Waals surface area contributed by atoms with Crippen LogP contribution < -0.4 is 0 Å². The Morgan fingerprint density at radius 3 is 2.81 bits per heavy atom. The molecule has 21 heavy (non-hydrogen) atoms. The van der Waals surface area contributed by atoms with Crippen LogP contribution in [0.2, 0.25) is 5.02 Å². The Bertz CT molecular complexity index is 807. The number of aromatic amines is 1. The summed E-state index contributed by atoms with van der Waals surface area (Å²) >= 11 is 5.92. The number of nitriles is 1. The van der Waals surface area contributed by atoms with Crippen LogP contribution in [0.25, 0.3) is 17.0 Å². The van der Waals surface area contributed by atoms with Crippen molar-refractivity contribution >= 4 is 34.5 Å². The number of nitrogens with one attached hydrogen (secondary N) is 1. The van der Waals surface area contributed by atoms with Crippen molar-refractivity contribution < 1.29 is 9.90 Å². The van der Waals surface area contributed by atoms with Crippen LogP contribution in [-0.4, -0.2) is 16.1 Å². The molecule has 0 aliphatic carbocycles. The molecule has 0 saturated carbocycles. The van der Waals surface area contributed by atoms with E-state index in [9.17, 15) is 4.79 Å². The lowest BCUT2D eigenvalue weighted by molar-refractivity contribution is -0.132. The second-order valence-corrected chi connectivity index (χ2v) is 4.63. The third-order valence-electron chi connectivity index (χ3n) is 2.72. The molecule has 0 unspecified atom stereocenters. The minimum absolute atomic E-state index is 0.306. The van der Waals surface area contributed by atoms with E-state index >= 15 is 0 Å². The van der Waals surface area contributed by atoms with Gasteiger partial charge in [0.15, 0.2) is 0 Å². The lowest BCUT2D eigenvalue weighted by Gasteiger charge is -1.88. The van der Waals surface area contributed by atoms with Crippen LogP contribution in [0, 0.1) is 11.3 Å². The van der Waals surface area contributed by atoms with Crippen molar-refractivity contribution in [3.63, 3.8) is 0 Å². The molecule has 0 aliphatic rings. The lowest BCUT2D eigenvalue weighted by Crippen LogP contribution is -1.96. The molecule has 0 atom stereocenters. The number of H-pyrrole nitrogens is 1. The van der Waals surface area contributed by atoms with Crippen LogP contribution in [0.5, 0.6) is 0 Å². The summed E-state index contributed by atoms with van der Waals surface area (Å²) in [7, 11) is 0. The second-order valence-electron chi connectivity index (χ2n) is 4.20. The van der Waals surface area contributed by atoms with Crippen molar-refractivity contribution in [1.82, 2.24) is 4.98 Å².